The SMILES string of the molecule is Cc1ccc(-n2c(SCC(=O)Nc3ccncc3)nnc2-c2ccco2)cc1. The molecule has 3 heterocycles. The molecule has 0 aliphatic rings. The number of furan rings is 1. The Morgan fingerprint density at radius 2 is 1.89 bits per heavy atom. The summed E-state index contributed by atoms with van der Waals surface area (Å²) in [5, 5.41) is 12.0. The van der Waals surface area contributed by atoms with Crippen LogP contribution in [-0.4, -0.2) is 31.4 Å². The van der Waals surface area contributed by atoms with Crippen molar-refractivity contribution < 1.29 is 9.21 Å². The molecule has 1 aromatic carbocycles. The van der Waals surface area contributed by atoms with E-state index in [9.17, 15) is 4.79 Å². The van der Waals surface area contributed by atoms with Gasteiger partial charge in [-0.15, -0.1) is 10.2 Å². The lowest BCUT2D eigenvalue weighted by Crippen LogP contribution is -2.14. The molecule has 0 atom stereocenters. The number of anilines is 1. The largest absolute Gasteiger partial charge is 0.461 e. The zero-order chi connectivity index (χ0) is 19.3. The smallest absolute Gasteiger partial charge is 0.234 e. The molecule has 0 aliphatic carbocycles. The van der Waals surface area contributed by atoms with Gasteiger partial charge in [-0.05, 0) is 43.3 Å². The summed E-state index contributed by atoms with van der Waals surface area (Å²) in [6, 6.07) is 15.1. The first-order valence-electron chi connectivity index (χ1n) is 8.60. The Labute approximate surface area is 165 Å². The number of amides is 1. The standard InChI is InChI=1S/C20H17N5O2S/c1-14-4-6-16(7-5-14)25-19(17-3-2-12-27-17)23-24-20(25)28-13-18(26)22-15-8-10-21-11-9-15/h2-12H,13H2,1H3,(H,21,22,26). The van der Waals surface area contributed by atoms with E-state index in [-0.39, 0.29) is 11.7 Å². The van der Waals surface area contributed by atoms with Crippen LogP contribution in [0.4, 0.5) is 5.69 Å². The highest BCUT2D eigenvalue weighted by atomic mass is 32.2. The molecule has 0 bridgehead atoms. The van der Waals surface area contributed by atoms with Crippen LogP contribution in [0.3, 0.4) is 0 Å². The minimum absolute atomic E-state index is 0.130. The van der Waals surface area contributed by atoms with Crippen LogP contribution in [0, 0.1) is 6.92 Å². The third-order valence-electron chi connectivity index (χ3n) is 3.96. The van der Waals surface area contributed by atoms with E-state index in [0.717, 1.165) is 11.3 Å². The number of carbonyl (C=O) groups is 1. The lowest BCUT2D eigenvalue weighted by molar-refractivity contribution is -0.113. The van der Waals surface area contributed by atoms with Gasteiger partial charge in [-0.3, -0.25) is 14.3 Å². The second-order valence-electron chi connectivity index (χ2n) is 6.03. The summed E-state index contributed by atoms with van der Waals surface area (Å²) in [6.07, 6.45) is 4.86. The lowest BCUT2D eigenvalue weighted by atomic mass is 10.2. The summed E-state index contributed by atoms with van der Waals surface area (Å²) in [5.74, 6) is 1.27. The molecule has 0 radical (unpaired) electrons. The Bertz CT molecular complexity index is 1060. The van der Waals surface area contributed by atoms with E-state index >= 15 is 0 Å². The molecule has 0 fully saturated rings. The summed E-state index contributed by atoms with van der Waals surface area (Å²) in [5.41, 5.74) is 2.76. The van der Waals surface area contributed by atoms with Gasteiger partial charge in [-0.25, -0.2) is 0 Å². The summed E-state index contributed by atoms with van der Waals surface area (Å²) in [4.78, 5) is 16.2. The Kier molecular flexibility index (Phi) is 5.20. The molecular formula is C20H17N5O2S. The number of aromatic nitrogens is 4. The minimum atomic E-state index is -0.130. The van der Waals surface area contributed by atoms with Gasteiger partial charge >= 0.3 is 0 Å². The van der Waals surface area contributed by atoms with Crippen molar-refractivity contribution in [1.82, 2.24) is 19.7 Å². The van der Waals surface area contributed by atoms with Crippen LogP contribution in [0.2, 0.25) is 0 Å². The van der Waals surface area contributed by atoms with Crippen LogP contribution >= 0.6 is 11.8 Å². The van der Waals surface area contributed by atoms with E-state index in [4.69, 9.17) is 4.42 Å². The third kappa shape index (κ3) is 3.96. The summed E-state index contributed by atoms with van der Waals surface area (Å²) >= 11 is 1.31. The molecule has 4 rings (SSSR count). The monoisotopic (exact) mass is 391 g/mol. The Hall–Kier alpha value is -3.39. The molecular weight excluding hydrogens is 374 g/mol. The number of hydrogen-bond donors (Lipinski definition) is 1. The molecule has 8 heteroatoms. The van der Waals surface area contributed by atoms with Crippen molar-refractivity contribution in [3.8, 4) is 17.3 Å². The fraction of sp³-hybridized carbons (Fsp3) is 0.100. The molecule has 3 aromatic heterocycles. The van der Waals surface area contributed by atoms with Crippen LogP contribution in [0.15, 0.2) is 76.8 Å². The van der Waals surface area contributed by atoms with Crippen molar-refractivity contribution in [2.45, 2.75) is 12.1 Å². The third-order valence-corrected chi connectivity index (χ3v) is 4.89. The molecule has 0 saturated heterocycles. The number of benzene rings is 1. The van der Waals surface area contributed by atoms with E-state index in [1.165, 1.54) is 11.8 Å². The van der Waals surface area contributed by atoms with E-state index < -0.39 is 0 Å². The predicted molar refractivity (Wildman–Crippen MR) is 107 cm³/mol. The first kappa shape index (κ1) is 18.0. The average Bonchev–Trinajstić information content (AvgIpc) is 3.37. The van der Waals surface area contributed by atoms with Crippen molar-refractivity contribution in [3.63, 3.8) is 0 Å². The number of nitrogens with zero attached hydrogens (tertiary/aromatic N) is 4. The first-order valence-corrected chi connectivity index (χ1v) is 9.58. The number of hydrogen-bond acceptors (Lipinski definition) is 6. The van der Waals surface area contributed by atoms with E-state index in [0.29, 0.717) is 22.4 Å². The van der Waals surface area contributed by atoms with Gasteiger partial charge in [-0.1, -0.05) is 29.5 Å². The van der Waals surface area contributed by atoms with Crippen molar-refractivity contribution in [3.05, 3.63) is 72.8 Å². The van der Waals surface area contributed by atoms with Gasteiger partial charge in [0, 0.05) is 23.8 Å². The fourth-order valence-corrected chi connectivity index (χ4v) is 3.37. The van der Waals surface area contributed by atoms with Crippen LogP contribution in [0.25, 0.3) is 17.3 Å². The quantitative estimate of drug-likeness (QED) is 0.501. The molecule has 0 unspecified atom stereocenters. The lowest BCUT2D eigenvalue weighted by Gasteiger charge is -2.10. The number of pyridine rings is 1. The summed E-state index contributed by atoms with van der Waals surface area (Å²) in [6.45, 7) is 2.03. The molecule has 0 spiro atoms. The zero-order valence-electron chi connectivity index (χ0n) is 15.1. The van der Waals surface area contributed by atoms with Crippen LogP contribution < -0.4 is 5.32 Å². The van der Waals surface area contributed by atoms with Crippen LogP contribution in [0.5, 0.6) is 0 Å². The number of aryl methyl sites for hydroxylation is 1. The van der Waals surface area contributed by atoms with Crippen molar-refractivity contribution in [1.29, 1.82) is 0 Å². The molecule has 1 N–H and O–H groups in total. The summed E-state index contributed by atoms with van der Waals surface area (Å²) < 4.78 is 7.40. The first-order chi connectivity index (χ1) is 13.7. The van der Waals surface area contributed by atoms with Gasteiger partial charge in [0.2, 0.25) is 11.7 Å². The molecule has 4 aromatic rings. The number of rotatable bonds is 6. The number of nitrogens with one attached hydrogen (secondary N) is 1. The average molecular weight is 391 g/mol. The van der Waals surface area contributed by atoms with Gasteiger partial charge in [0.1, 0.15) is 0 Å². The molecule has 0 aliphatic heterocycles. The summed E-state index contributed by atoms with van der Waals surface area (Å²) in [7, 11) is 0. The number of thioether (sulfide) groups is 1. The van der Waals surface area contributed by atoms with Gasteiger partial charge in [0.15, 0.2) is 10.9 Å². The fourth-order valence-electron chi connectivity index (χ4n) is 2.62. The highest BCUT2D eigenvalue weighted by Crippen LogP contribution is 2.28. The highest BCUT2D eigenvalue weighted by Gasteiger charge is 2.19. The van der Waals surface area contributed by atoms with Crippen molar-refractivity contribution in [2.75, 3.05) is 11.1 Å². The maximum atomic E-state index is 12.3. The van der Waals surface area contributed by atoms with Crippen molar-refractivity contribution >= 4 is 23.4 Å². The van der Waals surface area contributed by atoms with E-state index in [1.807, 2.05) is 41.8 Å². The topological polar surface area (TPSA) is 85.8 Å². The molecule has 7 nitrogen and oxygen atoms in total. The highest BCUT2D eigenvalue weighted by molar-refractivity contribution is 7.99. The molecule has 0 saturated carbocycles. The Balaban J connectivity index is 1.58. The van der Waals surface area contributed by atoms with E-state index in [2.05, 4.69) is 20.5 Å². The molecule has 28 heavy (non-hydrogen) atoms. The van der Waals surface area contributed by atoms with Crippen LogP contribution in [-0.2, 0) is 4.79 Å². The molecule has 140 valence electrons. The molecule has 1 amide bonds. The van der Waals surface area contributed by atoms with Crippen molar-refractivity contribution in [2.24, 2.45) is 0 Å². The zero-order valence-corrected chi connectivity index (χ0v) is 15.9. The maximum Gasteiger partial charge on any atom is 0.234 e. The van der Waals surface area contributed by atoms with Gasteiger partial charge in [0.05, 0.1) is 12.0 Å². The second kappa shape index (κ2) is 8.10. The van der Waals surface area contributed by atoms with Gasteiger partial charge in [0.25, 0.3) is 0 Å². The normalized spacial score (nSPS) is 10.8. The Morgan fingerprint density at radius 1 is 1.11 bits per heavy atom. The van der Waals surface area contributed by atoms with Gasteiger partial charge in [-0.2, -0.15) is 0 Å². The van der Waals surface area contributed by atoms with Gasteiger partial charge < -0.3 is 9.73 Å². The second-order valence-corrected chi connectivity index (χ2v) is 6.97. The number of carbonyl (C=O) groups excluding carboxylic acids is 1. The predicted octanol–water partition coefficient (Wildman–Crippen LogP) is 3.96. The minimum Gasteiger partial charge on any atom is -0.461 e. The van der Waals surface area contributed by atoms with Crippen LogP contribution in [0.1, 0.15) is 5.56 Å². The van der Waals surface area contributed by atoms with E-state index in [1.54, 1.807) is 36.9 Å². The maximum absolute atomic E-state index is 12.3. The Morgan fingerprint density at radius 3 is 2.61 bits per heavy atom.